The number of anilines is 1. The first kappa shape index (κ1) is 16.9. The van der Waals surface area contributed by atoms with Gasteiger partial charge in [0.15, 0.2) is 0 Å². The molecule has 2 fully saturated rings. The van der Waals surface area contributed by atoms with Gasteiger partial charge in [0.1, 0.15) is 11.5 Å². The molecule has 3 aliphatic rings. The summed E-state index contributed by atoms with van der Waals surface area (Å²) in [6.07, 6.45) is 3.73. The van der Waals surface area contributed by atoms with Crippen LogP contribution in [0.4, 0.5) is 5.69 Å². The standard InChI is InChI=1S/C23H28N2O2/c1-26-21-8-6-20(7-9-21)25-15-23(16-25)13-24(14-23)12-19-10-17-4-3-5-18(17)11-22(19)27-2/h6-11H,3-5,12-16H2,1-2H3. The van der Waals surface area contributed by atoms with E-state index >= 15 is 0 Å². The van der Waals surface area contributed by atoms with Crippen LogP contribution in [0.1, 0.15) is 23.1 Å². The average molecular weight is 364 g/mol. The van der Waals surface area contributed by atoms with Gasteiger partial charge in [-0.1, -0.05) is 6.07 Å². The summed E-state index contributed by atoms with van der Waals surface area (Å²) < 4.78 is 10.9. The number of likely N-dealkylation sites (tertiary alicyclic amines) is 1. The van der Waals surface area contributed by atoms with Crippen molar-refractivity contribution in [2.45, 2.75) is 25.8 Å². The molecule has 2 saturated heterocycles. The second-order valence-corrected chi connectivity index (χ2v) is 8.49. The van der Waals surface area contributed by atoms with Gasteiger partial charge >= 0.3 is 0 Å². The molecule has 5 rings (SSSR count). The van der Waals surface area contributed by atoms with Crippen molar-refractivity contribution in [2.75, 3.05) is 45.3 Å². The molecule has 27 heavy (non-hydrogen) atoms. The summed E-state index contributed by atoms with van der Waals surface area (Å²) in [5.41, 5.74) is 6.18. The van der Waals surface area contributed by atoms with Crippen molar-refractivity contribution >= 4 is 5.69 Å². The van der Waals surface area contributed by atoms with E-state index in [1.807, 2.05) is 12.1 Å². The van der Waals surface area contributed by atoms with E-state index < -0.39 is 0 Å². The Morgan fingerprint density at radius 1 is 0.889 bits per heavy atom. The van der Waals surface area contributed by atoms with Crippen LogP contribution in [0.3, 0.4) is 0 Å². The lowest BCUT2D eigenvalue weighted by Crippen LogP contribution is -2.71. The van der Waals surface area contributed by atoms with Crippen molar-refractivity contribution < 1.29 is 9.47 Å². The molecule has 142 valence electrons. The van der Waals surface area contributed by atoms with Gasteiger partial charge in [0.25, 0.3) is 0 Å². The lowest BCUT2D eigenvalue weighted by atomic mass is 9.72. The Kier molecular flexibility index (Phi) is 4.05. The van der Waals surface area contributed by atoms with Crippen LogP contribution in [0.2, 0.25) is 0 Å². The normalized spacial score (nSPS) is 20.1. The molecule has 2 aromatic rings. The van der Waals surface area contributed by atoms with Crippen molar-refractivity contribution in [1.82, 2.24) is 4.90 Å². The second kappa shape index (κ2) is 6.45. The summed E-state index contributed by atoms with van der Waals surface area (Å²) in [5.74, 6) is 2.00. The first-order valence-corrected chi connectivity index (χ1v) is 9.98. The van der Waals surface area contributed by atoms with Crippen LogP contribution in [-0.4, -0.2) is 45.3 Å². The molecule has 4 heteroatoms. The maximum atomic E-state index is 5.68. The van der Waals surface area contributed by atoms with E-state index in [1.165, 1.54) is 54.7 Å². The molecule has 1 aliphatic carbocycles. The number of hydrogen-bond donors (Lipinski definition) is 0. The number of nitrogens with zero attached hydrogens (tertiary/aromatic N) is 2. The summed E-state index contributed by atoms with van der Waals surface area (Å²) in [5, 5.41) is 0. The third-order valence-electron chi connectivity index (χ3n) is 6.50. The number of ether oxygens (including phenoxy) is 2. The topological polar surface area (TPSA) is 24.9 Å². The highest BCUT2D eigenvalue weighted by Crippen LogP contribution is 2.43. The molecule has 0 saturated carbocycles. The third-order valence-corrected chi connectivity index (χ3v) is 6.50. The number of methoxy groups -OCH3 is 2. The molecule has 4 nitrogen and oxygen atoms in total. The van der Waals surface area contributed by atoms with E-state index in [0.717, 1.165) is 31.1 Å². The van der Waals surface area contributed by atoms with Crippen molar-refractivity contribution in [3.8, 4) is 11.5 Å². The highest BCUT2D eigenvalue weighted by atomic mass is 16.5. The predicted octanol–water partition coefficient (Wildman–Crippen LogP) is 3.51. The highest BCUT2D eigenvalue weighted by molar-refractivity contribution is 5.53. The van der Waals surface area contributed by atoms with Crippen LogP contribution in [0.15, 0.2) is 36.4 Å². The molecule has 0 atom stereocenters. The van der Waals surface area contributed by atoms with E-state index in [-0.39, 0.29) is 0 Å². The number of aryl methyl sites for hydroxylation is 2. The molecular formula is C23H28N2O2. The zero-order valence-corrected chi connectivity index (χ0v) is 16.3. The van der Waals surface area contributed by atoms with Gasteiger partial charge in [0, 0.05) is 49.4 Å². The van der Waals surface area contributed by atoms with Crippen LogP contribution in [-0.2, 0) is 19.4 Å². The van der Waals surface area contributed by atoms with Gasteiger partial charge in [-0.25, -0.2) is 0 Å². The molecule has 0 amide bonds. The Labute approximate surface area is 161 Å². The molecular weight excluding hydrogens is 336 g/mol. The number of benzene rings is 2. The van der Waals surface area contributed by atoms with Crippen molar-refractivity contribution in [3.05, 3.63) is 53.1 Å². The van der Waals surface area contributed by atoms with Gasteiger partial charge in [0.05, 0.1) is 14.2 Å². The number of rotatable bonds is 5. The molecule has 1 spiro atoms. The van der Waals surface area contributed by atoms with Gasteiger partial charge in [-0.3, -0.25) is 4.90 Å². The zero-order chi connectivity index (χ0) is 18.4. The Hall–Kier alpha value is -2.20. The molecule has 0 N–H and O–H groups in total. The van der Waals surface area contributed by atoms with Crippen LogP contribution < -0.4 is 14.4 Å². The first-order chi connectivity index (χ1) is 13.2. The fraction of sp³-hybridized carbons (Fsp3) is 0.478. The fourth-order valence-corrected chi connectivity index (χ4v) is 5.16. The van der Waals surface area contributed by atoms with Crippen molar-refractivity contribution in [1.29, 1.82) is 0 Å². The lowest BCUT2D eigenvalue weighted by Gasteiger charge is -2.61. The first-order valence-electron chi connectivity index (χ1n) is 9.98. The molecule has 2 aromatic carbocycles. The quantitative estimate of drug-likeness (QED) is 0.811. The van der Waals surface area contributed by atoms with Crippen molar-refractivity contribution in [3.63, 3.8) is 0 Å². The van der Waals surface area contributed by atoms with Crippen LogP contribution in [0.25, 0.3) is 0 Å². The van der Waals surface area contributed by atoms with Crippen molar-refractivity contribution in [2.24, 2.45) is 5.41 Å². The Bertz CT molecular complexity index is 832. The fourth-order valence-electron chi connectivity index (χ4n) is 5.16. The summed E-state index contributed by atoms with van der Waals surface area (Å²) >= 11 is 0. The van der Waals surface area contributed by atoms with E-state index in [1.54, 1.807) is 14.2 Å². The second-order valence-electron chi connectivity index (χ2n) is 8.49. The smallest absolute Gasteiger partial charge is 0.123 e. The van der Waals surface area contributed by atoms with Crippen LogP contribution >= 0.6 is 0 Å². The minimum atomic E-state index is 0.490. The SMILES string of the molecule is COc1ccc(N2CC3(CN(Cc4cc5c(cc4OC)CCC5)C3)C2)cc1. The largest absolute Gasteiger partial charge is 0.497 e. The molecule has 0 radical (unpaired) electrons. The summed E-state index contributed by atoms with van der Waals surface area (Å²) in [6, 6.07) is 13.1. The maximum absolute atomic E-state index is 5.68. The highest BCUT2D eigenvalue weighted by Gasteiger charge is 2.51. The minimum absolute atomic E-state index is 0.490. The number of fused-ring (bicyclic) bond motifs is 1. The van der Waals surface area contributed by atoms with E-state index in [2.05, 4.69) is 34.1 Å². The maximum Gasteiger partial charge on any atom is 0.123 e. The Morgan fingerprint density at radius 3 is 2.26 bits per heavy atom. The van der Waals surface area contributed by atoms with Gasteiger partial charge in [-0.15, -0.1) is 0 Å². The zero-order valence-electron chi connectivity index (χ0n) is 16.3. The monoisotopic (exact) mass is 364 g/mol. The average Bonchev–Trinajstić information content (AvgIpc) is 3.09. The van der Waals surface area contributed by atoms with Gasteiger partial charge in [0.2, 0.25) is 0 Å². The molecule has 0 bridgehead atoms. The molecule has 2 heterocycles. The van der Waals surface area contributed by atoms with Crippen LogP contribution in [0, 0.1) is 5.41 Å². The summed E-state index contributed by atoms with van der Waals surface area (Å²) in [4.78, 5) is 5.05. The van der Waals surface area contributed by atoms with E-state index in [0.29, 0.717) is 5.41 Å². The van der Waals surface area contributed by atoms with Crippen LogP contribution in [0.5, 0.6) is 11.5 Å². The number of hydrogen-bond acceptors (Lipinski definition) is 4. The Morgan fingerprint density at radius 2 is 1.59 bits per heavy atom. The Balaban J connectivity index is 1.19. The minimum Gasteiger partial charge on any atom is -0.497 e. The summed E-state index contributed by atoms with van der Waals surface area (Å²) in [7, 11) is 3.52. The molecule has 0 aromatic heterocycles. The predicted molar refractivity (Wildman–Crippen MR) is 108 cm³/mol. The summed E-state index contributed by atoms with van der Waals surface area (Å²) in [6.45, 7) is 5.73. The lowest BCUT2D eigenvalue weighted by molar-refractivity contribution is -0.0276. The van der Waals surface area contributed by atoms with Gasteiger partial charge in [-0.05, 0) is 60.7 Å². The molecule has 2 aliphatic heterocycles. The van der Waals surface area contributed by atoms with Gasteiger partial charge < -0.3 is 14.4 Å². The molecule has 0 unspecified atom stereocenters. The van der Waals surface area contributed by atoms with E-state index in [9.17, 15) is 0 Å². The third kappa shape index (κ3) is 2.96. The van der Waals surface area contributed by atoms with E-state index in [4.69, 9.17) is 9.47 Å². The van der Waals surface area contributed by atoms with Gasteiger partial charge in [-0.2, -0.15) is 0 Å².